The van der Waals surface area contributed by atoms with Crippen LogP contribution < -0.4 is 0 Å². The molecule has 0 amide bonds. The summed E-state index contributed by atoms with van der Waals surface area (Å²) >= 11 is 0. The molecule has 20 heavy (non-hydrogen) atoms. The lowest BCUT2D eigenvalue weighted by molar-refractivity contribution is 0.0696. The zero-order chi connectivity index (χ0) is 14.4. The van der Waals surface area contributed by atoms with Gasteiger partial charge in [0.15, 0.2) is 11.6 Å². The van der Waals surface area contributed by atoms with Gasteiger partial charge >= 0.3 is 5.97 Å². The third-order valence-electron chi connectivity index (χ3n) is 3.50. The minimum Gasteiger partial charge on any atom is -0.478 e. The van der Waals surface area contributed by atoms with Crippen LogP contribution in [0.1, 0.15) is 47.8 Å². The molecular formula is C16H10O4. The minimum absolute atomic E-state index is 0.000929. The van der Waals surface area contributed by atoms with E-state index in [0.717, 1.165) is 5.56 Å². The highest BCUT2D eigenvalue weighted by atomic mass is 16.4. The second kappa shape index (κ2) is 4.13. The first kappa shape index (κ1) is 12.3. The quantitative estimate of drug-likeness (QED) is 0.734. The number of aromatic carboxylic acids is 1. The molecule has 98 valence electrons. The number of hydrogen-bond donors (Lipinski definition) is 1. The molecule has 2 aromatic carbocycles. The molecule has 2 aromatic rings. The van der Waals surface area contributed by atoms with Gasteiger partial charge in [-0.15, -0.1) is 0 Å². The lowest BCUT2D eigenvalue weighted by Gasteiger charge is -2.19. The van der Waals surface area contributed by atoms with Crippen molar-refractivity contribution >= 4 is 17.5 Å². The van der Waals surface area contributed by atoms with Crippen molar-refractivity contribution in [3.8, 4) is 0 Å². The topological polar surface area (TPSA) is 71.4 Å². The number of carboxylic acids is 1. The Morgan fingerprint density at radius 3 is 2.40 bits per heavy atom. The Balaban J connectivity index is 2.29. The van der Waals surface area contributed by atoms with Crippen molar-refractivity contribution in [3.63, 3.8) is 0 Å². The number of fused-ring (bicyclic) bond motifs is 2. The SMILES string of the molecule is Cc1cccc2c1C(=O)c1ccc(C(=O)O)cc1C2=O. The first-order chi connectivity index (χ1) is 9.50. The molecule has 0 spiro atoms. The van der Waals surface area contributed by atoms with Gasteiger partial charge in [-0.3, -0.25) is 9.59 Å². The van der Waals surface area contributed by atoms with Crippen LogP contribution in [-0.4, -0.2) is 22.6 Å². The summed E-state index contributed by atoms with van der Waals surface area (Å²) in [5, 5.41) is 8.98. The predicted molar refractivity (Wildman–Crippen MR) is 71.4 cm³/mol. The molecule has 0 bridgehead atoms. The number of hydrogen-bond acceptors (Lipinski definition) is 3. The number of carbonyl (C=O) groups is 3. The molecule has 0 radical (unpaired) electrons. The van der Waals surface area contributed by atoms with Gasteiger partial charge in [-0.1, -0.05) is 18.2 Å². The Bertz CT molecular complexity index is 787. The maximum absolute atomic E-state index is 12.5. The third-order valence-corrected chi connectivity index (χ3v) is 3.50. The lowest BCUT2D eigenvalue weighted by atomic mass is 9.81. The fourth-order valence-corrected chi connectivity index (χ4v) is 2.50. The summed E-state index contributed by atoms with van der Waals surface area (Å²) in [6.07, 6.45) is 0. The summed E-state index contributed by atoms with van der Waals surface area (Å²) in [4.78, 5) is 35.9. The highest BCUT2D eigenvalue weighted by molar-refractivity contribution is 6.29. The lowest BCUT2D eigenvalue weighted by Crippen LogP contribution is -2.22. The molecule has 0 saturated carbocycles. The van der Waals surface area contributed by atoms with E-state index in [1.165, 1.54) is 18.2 Å². The van der Waals surface area contributed by atoms with E-state index in [1.54, 1.807) is 25.1 Å². The molecule has 1 N–H and O–H groups in total. The maximum atomic E-state index is 12.5. The number of carboxylic acid groups (broad SMARTS) is 1. The van der Waals surface area contributed by atoms with Gasteiger partial charge in [-0.25, -0.2) is 4.79 Å². The van der Waals surface area contributed by atoms with Crippen LogP contribution in [0.25, 0.3) is 0 Å². The zero-order valence-corrected chi connectivity index (χ0v) is 10.6. The van der Waals surface area contributed by atoms with E-state index in [-0.39, 0.29) is 28.3 Å². The van der Waals surface area contributed by atoms with E-state index in [2.05, 4.69) is 0 Å². The van der Waals surface area contributed by atoms with Crippen LogP contribution in [0.15, 0.2) is 36.4 Å². The molecule has 0 heterocycles. The van der Waals surface area contributed by atoms with Gasteiger partial charge in [0.2, 0.25) is 0 Å². The monoisotopic (exact) mass is 266 g/mol. The first-order valence-corrected chi connectivity index (χ1v) is 6.07. The van der Waals surface area contributed by atoms with E-state index in [0.29, 0.717) is 11.1 Å². The van der Waals surface area contributed by atoms with Crippen LogP contribution in [-0.2, 0) is 0 Å². The van der Waals surface area contributed by atoms with Gasteiger partial charge in [0.05, 0.1) is 5.56 Å². The van der Waals surface area contributed by atoms with Gasteiger partial charge in [0, 0.05) is 22.3 Å². The van der Waals surface area contributed by atoms with Gasteiger partial charge in [0.25, 0.3) is 0 Å². The fraction of sp³-hybridized carbons (Fsp3) is 0.0625. The predicted octanol–water partition coefficient (Wildman–Crippen LogP) is 2.47. The van der Waals surface area contributed by atoms with Crippen LogP contribution >= 0.6 is 0 Å². The van der Waals surface area contributed by atoms with Gasteiger partial charge in [0.1, 0.15) is 0 Å². The Hall–Kier alpha value is -2.75. The number of aryl methyl sites for hydroxylation is 1. The average molecular weight is 266 g/mol. The normalized spacial score (nSPS) is 12.8. The fourth-order valence-electron chi connectivity index (χ4n) is 2.50. The van der Waals surface area contributed by atoms with Crippen molar-refractivity contribution < 1.29 is 19.5 Å². The first-order valence-electron chi connectivity index (χ1n) is 6.07. The van der Waals surface area contributed by atoms with E-state index >= 15 is 0 Å². The summed E-state index contributed by atoms with van der Waals surface area (Å²) in [7, 11) is 0. The highest BCUT2D eigenvalue weighted by Crippen LogP contribution is 2.29. The molecular weight excluding hydrogens is 256 g/mol. The smallest absolute Gasteiger partial charge is 0.335 e. The second-order valence-electron chi connectivity index (χ2n) is 4.72. The molecule has 0 fully saturated rings. The molecule has 0 saturated heterocycles. The number of benzene rings is 2. The molecule has 0 aromatic heterocycles. The van der Waals surface area contributed by atoms with Gasteiger partial charge in [-0.05, 0) is 30.7 Å². The summed E-state index contributed by atoms with van der Waals surface area (Å²) in [5.41, 5.74) is 1.92. The molecule has 1 aliphatic rings. The second-order valence-corrected chi connectivity index (χ2v) is 4.72. The van der Waals surface area contributed by atoms with E-state index < -0.39 is 5.97 Å². The third kappa shape index (κ3) is 1.58. The van der Waals surface area contributed by atoms with Crippen molar-refractivity contribution in [2.24, 2.45) is 0 Å². The summed E-state index contributed by atoms with van der Waals surface area (Å²) in [5.74, 6) is -1.66. The molecule has 4 nitrogen and oxygen atoms in total. The molecule has 4 heteroatoms. The molecule has 0 unspecified atom stereocenters. The largest absolute Gasteiger partial charge is 0.478 e. The van der Waals surface area contributed by atoms with E-state index in [4.69, 9.17) is 5.11 Å². The van der Waals surface area contributed by atoms with E-state index in [9.17, 15) is 14.4 Å². The zero-order valence-electron chi connectivity index (χ0n) is 10.6. The number of carbonyl (C=O) groups excluding carboxylic acids is 2. The standard InChI is InChI=1S/C16H10O4/c1-8-3-2-4-11-13(8)15(18)10-6-5-9(16(19)20)7-12(10)14(11)17/h2-7H,1H3,(H,19,20). The van der Waals surface area contributed by atoms with Gasteiger partial charge in [-0.2, -0.15) is 0 Å². The Morgan fingerprint density at radius 2 is 1.70 bits per heavy atom. The summed E-state index contributed by atoms with van der Waals surface area (Å²) in [6, 6.07) is 9.11. The van der Waals surface area contributed by atoms with Crippen molar-refractivity contribution in [2.45, 2.75) is 6.92 Å². The van der Waals surface area contributed by atoms with E-state index in [1.807, 2.05) is 0 Å². The maximum Gasteiger partial charge on any atom is 0.335 e. The van der Waals surface area contributed by atoms with Crippen molar-refractivity contribution in [2.75, 3.05) is 0 Å². The molecule has 0 atom stereocenters. The van der Waals surface area contributed by atoms with Crippen LogP contribution in [0.5, 0.6) is 0 Å². The Morgan fingerprint density at radius 1 is 0.950 bits per heavy atom. The van der Waals surface area contributed by atoms with Crippen LogP contribution in [0.2, 0.25) is 0 Å². The van der Waals surface area contributed by atoms with Gasteiger partial charge < -0.3 is 5.11 Å². The minimum atomic E-state index is -1.12. The summed E-state index contributed by atoms with van der Waals surface area (Å²) < 4.78 is 0. The summed E-state index contributed by atoms with van der Waals surface area (Å²) in [6.45, 7) is 1.78. The Labute approximate surface area is 114 Å². The molecule has 1 aliphatic carbocycles. The van der Waals surface area contributed by atoms with Crippen LogP contribution in [0.4, 0.5) is 0 Å². The number of ketones is 2. The number of rotatable bonds is 1. The molecule has 0 aliphatic heterocycles. The highest BCUT2D eigenvalue weighted by Gasteiger charge is 2.31. The van der Waals surface area contributed by atoms with Crippen molar-refractivity contribution in [1.29, 1.82) is 0 Å². The van der Waals surface area contributed by atoms with Crippen LogP contribution in [0.3, 0.4) is 0 Å². The average Bonchev–Trinajstić information content (AvgIpc) is 2.44. The van der Waals surface area contributed by atoms with Crippen LogP contribution in [0, 0.1) is 6.92 Å². The molecule has 3 rings (SSSR count). The van der Waals surface area contributed by atoms with Crippen molar-refractivity contribution in [1.82, 2.24) is 0 Å². The Kier molecular flexibility index (Phi) is 2.54. The van der Waals surface area contributed by atoms with Crippen molar-refractivity contribution in [3.05, 3.63) is 69.8 Å².